The summed E-state index contributed by atoms with van der Waals surface area (Å²) in [6, 6.07) is 3.58. The number of ether oxygens (including phenoxy) is 2. The van der Waals surface area contributed by atoms with Crippen LogP contribution in [-0.2, 0) is 0 Å². The minimum absolute atomic E-state index is 0.0855. The Balaban J connectivity index is 1.67. The molecule has 1 aromatic carbocycles. The third-order valence-electron chi connectivity index (χ3n) is 3.44. The van der Waals surface area contributed by atoms with E-state index in [0.717, 1.165) is 5.01 Å². The van der Waals surface area contributed by atoms with E-state index in [4.69, 9.17) is 21.1 Å². The van der Waals surface area contributed by atoms with Gasteiger partial charge in [0.1, 0.15) is 18.2 Å². The Bertz CT molecular complexity index is 636. The van der Waals surface area contributed by atoms with Crippen LogP contribution in [0.4, 0.5) is 0 Å². The molecule has 1 aliphatic heterocycles. The highest BCUT2D eigenvalue weighted by Crippen LogP contribution is 2.39. The first kappa shape index (κ1) is 15.6. The quantitative estimate of drug-likeness (QED) is 0.876. The van der Waals surface area contributed by atoms with Crippen molar-refractivity contribution in [3.05, 3.63) is 39.3 Å². The zero-order valence-corrected chi connectivity index (χ0v) is 13.7. The van der Waals surface area contributed by atoms with Gasteiger partial charge in [0.15, 0.2) is 11.5 Å². The number of aliphatic hydroxyl groups is 1. The summed E-state index contributed by atoms with van der Waals surface area (Å²) < 4.78 is 11.0. The molecule has 0 fully saturated rings. The Morgan fingerprint density at radius 2 is 2.23 bits per heavy atom. The minimum atomic E-state index is -0.685. The summed E-state index contributed by atoms with van der Waals surface area (Å²) in [5.74, 6) is 1.13. The van der Waals surface area contributed by atoms with Crippen LogP contribution in [0.3, 0.4) is 0 Å². The second-order valence-corrected chi connectivity index (χ2v) is 6.38. The summed E-state index contributed by atoms with van der Waals surface area (Å²) in [5.41, 5.74) is 0.702. The average molecular weight is 341 g/mol. The molecule has 0 radical (unpaired) electrons. The zero-order chi connectivity index (χ0) is 15.5. The molecule has 22 heavy (non-hydrogen) atoms. The van der Waals surface area contributed by atoms with Gasteiger partial charge in [-0.15, -0.1) is 11.3 Å². The number of hydrogen-bond donors (Lipinski definition) is 2. The molecule has 0 saturated carbocycles. The fourth-order valence-corrected chi connectivity index (χ4v) is 3.21. The number of halogens is 1. The van der Waals surface area contributed by atoms with Crippen LogP contribution in [0, 0.1) is 0 Å². The van der Waals surface area contributed by atoms with E-state index in [9.17, 15) is 5.11 Å². The zero-order valence-electron chi connectivity index (χ0n) is 12.1. The van der Waals surface area contributed by atoms with Crippen molar-refractivity contribution in [3.8, 4) is 11.5 Å². The monoisotopic (exact) mass is 340 g/mol. The van der Waals surface area contributed by atoms with Gasteiger partial charge in [0.2, 0.25) is 0 Å². The first-order chi connectivity index (χ1) is 10.6. The molecule has 5 nitrogen and oxygen atoms in total. The lowest BCUT2D eigenvalue weighted by atomic mass is 10.1. The van der Waals surface area contributed by atoms with Crippen LogP contribution >= 0.6 is 22.9 Å². The molecule has 0 aliphatic carbocycles. The van der Waals surface area contributed by atoms with Crippen molar-refractivity contribution in [2.24, 2.45) is 0 Å². The first-order valence-electron chi connectivity index (χ1n) is 7.05. The van der Waals surface area contributed by atoms with Crippen LogP contribution in [0.1, 0.15) is 29.6 Å². The Labute approximate surface area is 137 Å². The summed E-state index contributed by atoms with van der Waals surface area (Å²) >= 11 is 7.78. The number of aromatic nitrogens is 1. The van der Waals surface area contributed by atoms with E-state index in [1.54, 1.807) is 29.7 Å². The summed E-state index contributed by atoms with van der Waals surface area (Å²) in [6.45, 7) is 3.39. The topological polar surface area (TPSA) is 63.6 Å². The molecule has 0 saturated heterocycles. The molecule has 7 heteroatoms. The van der Waals surface area contributed by atoms with E-state index in [0.29, 0.717) is 41.8 Å². The molecule has 2 heterocycles. The maximum absolute atomic E-state index is 10.4. The molecule has 0 amide bonds. The van der Waals surface area contributed by atoms with Gasteiger partial charge in [-0.05, 0) is 24.6 Å². The lowest BCUT2D eigenvalue weighted by molar-refractivity contribution is 0.161. The largest absolute Gasteiger partial charge is 0.486 e. The van der Waals surface area contributed by atoms with Crippen LogP contribution in [0.2, 0.25) is 5.02 Å². The highest BCUT2D eigenvalue weighted by atomic mass is 35.5. The van der Waals surface area contributed by atoms with Gasteiger partial charge in [-0.25, -0.2) is 4.98 Å². The normalized spacial score (nSPS) is 16.3. The van der Waals surface area contributed by atoms with Crippen molar-refractivity contribution >= 4 is 22.9 Å². The standard InChI is InChI=1S/C15H17ClN2O3S/c1-9(15-17-2-5-22-15)18-8-12(19)10-6-11(16)14-13(7-10)20-3-4-21-14/h2,5-7,9,12,18-19H,3-4,8H2,1H3/t9-,12+/m0/s1. The Morgan fingerprint density at radius 1 is 1.41 bits per heavy atom. The molecule has 118 valence electrons. The second-order valence-electron chi connectivity index (χ2n) is 5.04. The van der Waals surface area contributed by atoms with E-state index in [1.807, 2.05) is 12.3 Å². The number of benzene rings is 1. The number of aliphatic hydroxyl groups excluding tert-OH is 1. The van der Waals surface area contributed by atoms with Crippen molar-refractivity contribution in [2.45, 2.75) is 19.1 Å². The molecule has 2 atom stereocenters. The molecule has 0 bridgehead atoms. The molecule has 1 aliphatic rings. The summed E-state index contributed by atoms with van der Waals surface area (Å²) in [4.78, 5) is 4.26. The lowest BCUT2D eigenvalue weighted by Crippen LogP contribution is -2.25. The number of nitrogens with zero attached hydrogens (tertiary/aromatic N) is 1. The average Bonchev–Trinajstić information content (AvgIpc) is 3.06. The Kier molecular flexibility index (Phi) is 4.83. The second kappa shape index (κ2) is 6.83. The van der Waals surface area contributed by atoms with E-state index in [1.165, 1.54) is 0 Å². The fourth-order valence-electron chi connectivity index (χ4n) is 2.27. The highest BCUT2D eigenvalue weighted by Gasteiger charge is 2.20. The Hall–Kier alpha value is -1.34. The van der Waals surface area contributed by atoms with Gasteiger partial charge in [0.05, 0.1) is 17.2 Å². The van der Waals surface area contributed by atoms with Gasteiger partial charge in [-0.2, -0.15) is 0 Å². The molecule has 1 aromatic heterocycles. The van der Waals surface area contributed by atoms with Crippen LogP contribution in [-0.4, -0.2) is 29.8 Å². The molecular weight excluding hydrogens is 324 g/mol. The van der Waals surface area contributed by atoms with Crippen LogP contribution in [0.25, 0.3) is 0 Å². The van der Waals surface area contributed by atoms with Crippen molar-refractivity contribution in [1.82, 2.24) is 10.3 Å². The van der Waals surface area contributed by atoms with Crippen LogP contribution in [0.5, 0.6) is 11.5 Å². The lowest BCUT2D eigenvalue weighted by Gasteiger charge is -2.22. The number of thiazole rings is 1. The van der Waals surface area contributed by atoms with E-state index in [2.05, 4.69) is 10.3 Å². The number of nitrogens with one attached hydrogen (secondary N) is 1. The smallest absolute Gasteiger partial charge is 0.179 e. The third-order valence-corrected chi connectivity index (χ3v) is 4.68. The molecular formula is C15H17ClN2O3S. The number of rotatable bonds is 5. The van der Waals surface area contributed by atoms with E-state index < -0.39 is 6.10 Å². The van der Waals surface area contributed by atoms with Crippen molar-refractivity contribution in [3.63, 3.8) is 0 Å². The maximum atomic E-state index is 10.4. The molecule has 2 N–H and O–H groups in total. The molecule has 0 spiro atoms. The predicted octanol–water partition coefficient (Wildman–Crippen LogP) is 2.95. The summed E-state index contributed by atoms with van der Waals surface area (Å²) in [6.07, 6.45) is 1.09. The van der Waals surface area contributed by atoms with Gasteiger partial charge < -0.3 is 19.9 Å². The SMILES string of the molecule is C[C@H](NC[C@@H](O)c1cc(Cl)c2c(c1)OCCO2)c1nccs1. The van der Waals surface area contributed by atoms with Crippen molar-refractivity contribution < 1.29 is 14.6 Å². The summed E-state index contributed by atoms with van der Waals surface area (Å²) in [7, 11) is 0. The van der Waals surface area contributed by atoms with Gasteiger partial charge in [0, 0.05) is 18.1 Å². The minimum Gasteiger partial charge on any atom is -0.486 e. The van der Waals surface area contributed by atoms with E-state index >= 15 is 0 Å². The maximum Gasteiger partial charge on any atom is 0.179 e. The van der Waals surface area contributed by atoms with Crippen LogP contribution < -0.4 is 14.8 Å². The molecule has 3 rings (SSSR count). The fraction of sp³-hybridized carbons (Fsp3) is 0.400. The van der Waals surface area contributed by atoms with Crippen molar-refractivity contribution in [1.29, 1.82) is 0 Å². The van der Waals surface area contributed by atoms with Gasteiger partial charge in [-0.1, -0.05) is 11.6 Å². The van der Waals surface area contributed by atoms with Gasteiger partial charge in [0.25, 0.3) is 0 Å². The van der Waals surface area contributed by atoms with Gasteiger partial charge in [-0.3, -0.25) is 0 Å². The first-order valence-corrected chi connectivity index (χ1v) is 8.31. The van der Waals surface area contributed by atoms with Crippen molar-refractivity contribution in [2.75, 3.05) is 19.8 Å². The number of hydrogen-bond acceptors (Lipinski definition) is 6. The van der Waals surface area contributed by atoms with Crippen LogP contribution in [0.15, 0.2) is 23.7 Å². The highest BCUT2D eigenvalue weighted by molar-refractivity contribution is 7.09. The van der Waals surface area contributed by atoms with E-state index in [-0.39, 0.29) is 6.04 Å². The molecule has 2 aromatic rings. The molecule has 0 unspecified atom stereocenters. The third kappa shape index (κ3) is 3.35. The summed E-state index contributed by atoms with van der Waals surface area (Å²) in [5, 5.41) is 17.0. The number of fused-ring (bicyclic) bond motifs is 1. The predicted molar refractivity (Wildman–Crippen MR) is 85.9 cm³/mol. The van der Waals surface area contributed by atoms with Gasteiger partial charge >= 0.3 is 0 Å². The Morgan fingerprint density at radius 3 is 3.00 bits per heavy atom.